The van der Waals surface area contributed by atoms with Crippen molar-refractivity contribution < 1.29 is 80.2 Å². The lowest BCUT2D eigenvalue weighted by atomic mass is 10.1. The van der Waals surface area contributed by atoms with Crippen molar-refractivity contribution in [3.63, 3.8) is 0 Å². The van der Waals surface area contributed by atoms with Crippen LogP contribution < -0.4 is 0 Å². The summed E-state index contributed by atoms with van der Waals surface area (Å²) < 4.78 is 68.5. The van der Waals surface area contributed by atoms with Crippen LogP contribution in [0.4, 0.5) is 0 Å². The van der Waals surface area contributed by atoms with Crippen LogP contribution in [0.25, 0.3) is 0 Å². The first-order valence-corrected chi connectivity index (χ1v) is 44.4. The highest BCUT2D eigenvalue weighted by atomic mass is 31.2. The fourth-order valence-corrected chi connectivity index (χ4v) is 12.3. The molecule has 0 aromatic carbocycles. The minimum absolute atomic E-state index is 0.000488. The van der Waals surface area contributed by atoms with E-state index in [1.165, 1.54) is 103 Å². The molecule has 0 fully saturated rings. The molecule has 0 aliphatic heterocycles. The number of carbonyl (C=O) groups excluding carboxylic acids is 4. The fourth-order valence-electron chi connectivity index (χ4n) is 10.7. The van der Waals surface area contributed by atoms with Gasteiger partial charge in [0, 0.05) is 25.7 Å². The van der Waals surface area contributed by atoms with Crippen LogP contribution in [0.1, 0.15) is 336 Å². The van der Waals surface area contributed by atoms with Crippen molar-refractivity contribution in [1.82, 2.24) is 0 Å². The predicted octanol–water partition coefficient (Wildman–Crippen LogP) is 24.4. The number of hydrogen-bond donors (Lipinski definition) is 3. The SMILES string of the molecule is CCCCC/C=C\C/C=C\C/C=C\C/C=C\C/C=C\CCC(=O)OC[C@H](COP(=O)(O)OC[C@@H](O)COP(=O)(O)OC[C@@H](COC(=O)CCCCCCC/C=C\CCCCCCCC)OC(=O)CCCCCCCCC/C=C\CCCCCC)OC(=O)CCC/C=C\C/C=C\C/C=C\C/C=C\CCCCC. The lowest BCUT2D eigenvalue weighted by Gasteiger charge is -2.21. The van der Waals surface area contributed by atoms with Gasteiger partial charge in [-0.3, -0.25) is 37.3 Å². The molecule has 0 saturated heterocycles. The molecule has 5 atom stereocenters. The van der Waals surface area contributed by atoms with Gasteiger partial charge < -0.3 is 33.8 Å². The number of phosphoric acid groups is 2. The van der Waals surface area contributed by atoms with Gasteiger partial charge in [-0.25, -0.2) is 9.13 Å². The zero-order chi connectivity index (χ0) is 77.4. The van der Waals surface area contributed by atoms with Gasteiger partial charge in [-0.1, -0.05) is 290 Å². The van der Waals surface area contributed by atoms with E-state index in [4.69, 9.17) is 37.0 Å². The lowest BCUT2D eigenvalue weighted by molar-refractivity contribution is -0.161. The van der Waals surface area contributed by atoms with Crippen molar-refractivity contribution in [2.24, 2.45) is 0 Å². The minimum atomic E-state index is -5.01. The second-order valence-corrected chi connectivity index (χ2v) is 30.3. The summed E-state index contributed by atoms with van der Waals surface area (Å²) in [5, 5.41) is 10.7. The van der Waals surface area contributed by atoms with Crippen LogP contribution >= 0.6 is 15.6 Å². The average molecular weight is 1530 g/mol. The highest BCUT2D eigenvalue weighted by molar-refractivity contribution is 7.47. The van der Waals surface area contributed by atoms with Crippen molar-refractivity contribution in [1.29, 1.82) is 0 Å². The zero-order valence-corrected chi connectivity index (χ0v) is 68.4. The van der Waals surface area contributed by atoms with Crippen molar-refractivity contribution in [2.45, 2.75) is 354 Å². The first kappa shape index (κ1) is 101. The van der Waals surface area contributed by atoms with Gasteiger partial charge in [-0.2, -0.15) is 0 Å². The molecule has 19 heteroatoms. The molecule has 0 amide bonds. The van der Waals surface area contributed by atoms with Crippen molar-refractivity contribution in [3.05, 3.63) is 134 Å². The smallest absolute Gasteiger partial charge is 0.462 e. The molecule has 0 heterocycles. The Morgan fingerprint density at radius 3 is 0.840 bits per heavy atom. The van der Waals surface area contributed by atoms with Gasteiger partial charge in [0.1, 0.15) is 19.3 Å². The van der Waals surface area contributed by atoms with Gasteiger partial charge >= 0.3 is 39.5 Å². The Balaban J connectivity index is 5.49. The molecule has 0 aliphatic carbocycles. The molecular formula is C87H148O17P2. The van der Waals surface area contributed by atoms with Crippen LogP contribution in [0.15, 0.2) is 134 Å². The molecule has 106 heavy (non-hydrogen) atoms. The number of phosphoric ester groups is 2. The fraction of sp³-hybridized carbons (Fsp3) is 0.701. The number of rotatable bonds is 77. The molecule has 0 aromatic heterocycles. The number of hydrogen-bond acceptors (Lipinski definition) is 15. The monoisotopic (exact) mass is 1530 g/mol. The topological polar surface area (TPSA) is 237 Å². The summed E-state index contributed by atoms with van der Waals surface area (Å²) in [6.45, 7) is 4.66. The number of unbranched alkanes of at least 4 members (excludes halogenated alkanes) is 29. The number of ether oxygens (including phenoxy) is 4. The minimum Gasteiger partial charge on any atom is -0.462 e. The maximum absolute atomic E-state index is 13.1. The highest BCUT2D eigenvalue weighted by Gasteiger charge is 2.30. The summed E-state index contributed by atoms with van der Waals surface area (Å²) in [7, 11) is -10.0. The van der Waals surface area contributed by atoms with Crippen molar-refractivity contribution >= 4 is 39.5 Å². The van der Waals surface area contributed by atoms with Crippen LogP contribution in [-0.2, 0) is 65.4 Å². The summed E-state index contributed by atoms with van der Waals surface area (Å²) in [6, 6.07) is 0. The van der Waals surface area contributed by atoms with Crippen LogP contribution in [0.5, 0.6) is 0 Å². The molecule has 0 bridgehead atoms. The molecule has 3 N–H and O–H groups in total. The number of allylic oxidation sites excluding steroid dienone is 22. The lowest BCUT2D eigenvalue weighted by Crippen LogP contribution is -2.30. The van der Waals surface area contributed by atoms with E-state index in [9.17, 15) is 43.2 Å². The van der Waals surface area contributed by atoms with E-state index in [1.807, 2.05) is 30.4 Å². The summed E-state index contributed by atoms with van der Waals surface area (Å²) in [5.74, 6) is -2.35. The molecule has 608 valence electrons. The normalized spacial score (nSPS) is 14.5. The third-order valence-corrected chi connectivity index (χ3v) is 19.0. The molecule has 0 spiro atoms. The zero-order valence-electron chi connectivity index (χ0n) is 66.6. The third kappa shape index (κ3) is 77.4. The van der Waals surface area contributed by atoms with E-state index in [0.29, 0.717) is 38.5 Å². The Hall–Kier alpha value is -4.80. The second kappa shape index (κ2) is 78.3. The number of aliphatic hydroxyl groups is 1. The average Bonchev–Trinajstić information content (AvgIpc) is 0.902. The van der Waals surface area contributed by atoms with E-state index < -0.39 is 97.5 Å². The Morgan fingerprint density at radius 1 is 0.264 bits per heavy atom. The molecule has 0 radical (unpaired) electrons. The summed E-state index contributed by atoms with van der Waals surface area (Å²) >= 11 is 0. The van der Waals surface area contributed by atoms with Gasteiger partial charge in [0.05, 0.1) is 26.4 Å². The van der Waals surface area contributed by atoms with E-state index in [2.05, 4.69) is 131 Å². The quantitative estimate of drug-likeness (QED) is 0.0169. The van der Waals surface area contributed by atoms with Gasteiger partial charge in [0.15, 0.2) is 12.2 Å². The van der Waals surface area contributed by atoms with Crippen LogP contribution in [0, 0.1) is 0 Å². The Bertz CT molecular complexity index is 2530. The van der Waals surface area contributed by atoms with Crippen molar-refractivity contribution in [2.75, 3.05) is 39.6 Å². The molecule has 0 aromatic rings. The Morgan fingerprint density at radius 2 is 0.491 bits per heavy atom. The highest BCUT2D eigenvalue weighted by Crippen LogP contribution is 2.45. The molecular weight excluding hydrogens is 1380 g/mol. The van der Waals surface area contributed by atoms with Gasteiger partial charge in [0.2, 0.25) is 0 Å². The molecule has 0 rings (SSSR count). The first-order chi connectivity index (χ1) is 51.7. The largest absolute Gasteiger partial charge is 0.472 e. The summed E-state index contributed by atoms with van der Waals surface area (Å²) in [4.78, 5) is 73.1. The molecule has 0 aliphatic rings. The van der Waals surface area contributed by atoms with Crippen molar-refractivity contribution in [3.8, 4) is 0 Å². The Labute approximate surface area is 644 Å². The van der Waals surface area contributed by atoms with Gasteiger partial charge in [-0.05, 0) is 154 Å². The van der Waals surface area contributed by atoms with Crippen LogP contribution in [0.3, 0.4) is 0 Å². The number of esters is 4. The first-order valence-electron chi connectivity index (χ1n) is 41.4. The van der Waals surface area contributed by atoms with Gasteiger partial charge in [0.25, 0.3) is 0 Å². The number of aliphatic hydroxyl groups excluding tert-OH is 1. The van der Waals surface area contributed by atoms with E-state index in [0.717, 1.165) is 141 Å². The van der Waals surface area contributed by atoms with E-state index in [-0.39, 0.29) is 25.7 Å². The molecule has 17 nitrogen and oxygen atoms in total. The number of carbonyl (C=O) groups is 4. The van der Waals surface area contributed by atoms with E-state index in [1.54, 1.807) is 0 Å². The van der Waals surface area contributed by atoms with Gasteiger partial charge in [-0.15, -0.1) is 0 Å². The molecule has 0 saturated carbocycles. The standard InChI is InChI=1S/C87H148O17P2/c1-5-9-13-17-21-25-29-33-37-39-40-42-45-48-52-56-60-64-68-72-85(90)98-78-83(104-87(92)74-70-66-62-58-54-50-46-41-38-34-30-26-22-18-14-10-6-2)80-102-106(95,96)100-76-81(88)75-99-105(93,94)101-79-82(103-86(91)73-69-65-61-57-53-49-44-36-32-28-24-20-16-12-8-4)77-97-84(89)71-67-63-59-55-51-47-43-35-31-27-23-19-15-11-7-3/h21-22,25-26,28,32-35,37-38,40,42-43,46,48,50,52,58,60,62,64,81-83,88H,5-20,23-24,27,29-31,36,39,41,44-45,47,49,51,53-57,59,61,63,65-80H2,1-4H3,(H,93,94)(H,95,96)/b25-21-,26-22-,32-28-,37-33-,38-34-,42-40-,43-35-,50-46-,52-48-,62-58-,64-60-/t81-,82+,83+/m0/s1. The van der Waals surface area contributed by atoms with E-state index >= 15 is 0 Å². The maximum Gasteiger partial charge on any atom is 0.472 e. The summed E-state index contributed by atoms with van der Waals surface area (Å²) in [6.07, 6.45) is 88.7. The van der Waals surface area contributed by atoms with Crippen LogP contribution in [-0.4, -0.2) is 96.7 Å². The second-order valence-electron chi connectivity index (χ2n) is 27.3. The molecule has 2 unspecified atom stereocenters. The van der Waals surface area contributed by atoms with Crippen LogP contribution in [0.2, 0.25) is 0 Å². The summed E-state index contributed by atoms with van der Waals surface area (Å²) in [5.41, 5.74) is 0. The Kier molecular flexibility index (Phi) is 74.8. The maximum atomic E-state index is 13.1. The third-order valence-electron chi connectivity index (χ3n) is 17.1. The predicted molar refractivity (Wildman–Crippen MR) is 436 cm³/mol.